The summed E-state index contributed by atoms with van der Waals surface area (Å²) in [5.41, 5.74) is 0.973. The van der Waals surface area contributed by atoms with E-state index in [4.69, 9.17) is 11.6 Å². The second-order valence-corrected chi connectivity index (χ2v) is 6.54. The number of rotatable bonds is 5. The Kier molecular flexibility index (Phi) is 4.54. The van der Waals surface area contributed by atoms with Gasteiger partial charge in [0.1, 0.15) is 0 Å². The third-order valence-electron chi connectivity index (χ3n) is 2.31. The van der Waals surface area contributed by atoms with E-state index in [1.165, 1.54) is 0 Å². The molecule has 1 aromatic carbocycles. The first-order chi connectivity index (χ1) is 8.20. The average molecular weight is 287 g/mol. The molecular formula is C12H15ClN2S2. The first-order valence-electron chi connectivity index (χ1n) is 5.60. The summed E-state index contributed by atoms with van der Waals surface area (Å²) in [5.74, 6) is 2.25. The lowest BCUT2D eigenvalue weighted by molar-refractivity contribution is 0.911. The minimum atomic E-state index is 0.430. The summed E-state index contributed by atoms with van der Waals surface area (Å²) in [6.45, 7) is 4.35. The van der Waals surface area contributed by atoms with Crippen molar-refractivity contribution >= 4 is 50.0 Å². The summed E-state index contributed by atoms with van der Waals surface area (Å²) in [7, 11) is 0. The molecule has 0 aliphatic heterocycles. The predicted molar refractivity (Wildman–Crippen MR) is 80.7 cm³/mol. The van der Waals surface area contributed by atoms with Crippen LogP contribution in [0.2, 0.25) is 5.02 Å². The van der Waals surface area contributed by atoms with Crippen molar-refractivity contribution in [3.05, 3.63) is 23.2 Å². The molecule has 0 aliphatic rings. The number of fused-ring (bicyclic) bond motifs is 1. The highest BCUT2D eigenvalue weighted by Crippen LogP contribution is 2.32. The van der Waals surface area contributed by atoms with Crippen LogP contribution in [-0.4, -0.2) is 22.5 Å². The van der Waals surface area contributed by atoms with Crippen molar-refractivity contribution in [1.82, 2.24) is 4.98 Å². The average Bonchev–Trinajstić information content (AvgIpc) is 2.70. The Morgan fingerprint density at radius 3 is 3.06 bits per heavy atom. The van der Waals surface area contributed by atoms with E-state index >= 15 is 0 Å². The number of nitrogens with zero attached hydrogens (tertiary/aromatic N) is 1. The van der Waals surface area contributed by atoms with Gasteiger partial charge >= 0.3 is 0 Å². The molecule has 2 aromatic rings. The van der Waals surface area contributed by atoms with Crippen LogP contribution in [0.4, 0.5) is 5.13 Å². The molecule has 92 valence electrons. The van der Waals surface area contributed by atoms with E-state index in [1.54, 1.807) is 11.3 Å². The van der Waals surface area contributed by atoms with Crippen LogP contribution in [0.25, 0.3) is 10.2 Å². The highest BCUT2D eigenvalue weighted by molar-refractivity contribution is 7.99. The molecule has 1 heterocycles. The third kappa shape index (κ3) is 3.27. The van der Waals surface area contributed by atoms with Gasteiger partial charge in [0.15, 0.2) is 5.13 Å². The topological polar surface area (TPSA) is 24.9 Å². The van der Waals surface area contributed by atoms with E-state index in [0.29, 0.717) is 6.04 Å². The van der Waals surface area contributed by atoms with Crippen LogP contribution in [0.1, 0.15) is 13.8 Å². The molecule has 0 fully saturated rings. The van der Waals surface area contributed by atoms with Gasteiger partial charge in [-0.1, -0.05) is 35.9 Å². The maximum absolute atomic E-state index is 6.13. The van der Waals surface area contributed by atoms with Crippen LogP contribution in [0.15, 0.2) is 18.2 Å². The number of halogens is 1. The highest BCUT2D eigenvalue weighted by atomic mass is 35.5. The molecule has 1 aromatic heterocycles. The Morgan fingerprint density at radius 2 is 2.35 bits per heavy atom. The van der Waals surface area contributed by atoms with Crippen molar-refractivity contribution in [2.75, 3.05) is 16.8 Å². The second kappa shape index (κ2) is 5.94. The maximum atomic E-state index is 6.13. The zero-order chi connectivity index (χ0) is 12.3. The van der Waals surface area contributed by atoms with Crippen LogP contribution in [0.3, 0.4) is 0 Å². The number of aromatic nitrogens is 1. The Balaban J connectivity index is 2.11. The zero-order valence-corrected chi connectivity index (χ0v) is 12.3. The number of benzene rings is 1. The molecule has 1 N–H and O–H groups in total. The van der Waals surface area contributed by atoms with E-state index in [9.17, 15) is 0 Å². The molecule has 5 heteroatoms. The van der Waals surface area contributed by atoms with Crippen molar-refractivity contribution in [3.63, 3.8) is 0 Å². The van der Waals surface area contributed by atoms with Crippen LogP contribution >= 0.6 is 34.7 Å². The minimum Gasteiger partial charge on any atom is -0.358 e. The fourth-order valence-corrected chi connectivity index (χ4v) is 3.46. The Hall–Kier alpha value is -0.450. The molecule has 0 saturated carbocycles. The third-order valence-corrected chi connectivity index (χ3v) is 4.92. The predicted octanol–water partition coefficient (Wildman–Crippen LogP) is 4.50. The van der Waals surface area contributed by atoms with E-state index in [1.807, 2.05) is 30.0 Å². The monoisotopic (exact) mass is 286 g/mol. The molecule has 1 atom stereocenters. The number of hydrogen-bond donors (Lipinski definition) is 1. The molecule has 2 nitrogen and oxygen atoms in total. The van der Waals surface area contributed by atoms with Gasteiger partial charge in [-0.15, -0.1) is 0 Å². The molecule has 0 aliphatic carbocycles. The molecule has 0 saturated heterocycles. The lowest BCUT2D eigenvalue weighted by atomic mass is 10.3. The SMILES string of the molecule is CCSCC(C)Nc1nc2cccc(Cl)c2s1. The molecule has 0 spiro atoms. The number of thioether (sulfide) groups is 1. The normalized spacial score (nSPS) is 12.9. The summed E-state index contributed by atoms with van der Waals surface area (Å²) in [6.07, 6.45) is 0. The zero-order valence-electron chi connectivity index (χ0n) is 9.87. The summed E-state index contributed by atoms with van der Waals surface area (Å²) in [5, 5.41) is 5.16. The van der Waals surface area contributed by atoms with Gasteiger partial charge in [0.2, 0.25) is 0 Å². The molecule has 17 heavy (non-hydrogen) atoms. The van der Waals surface area contributed by atoms with Crippen LogP contribution in [-0.2, 0) is 0 Å². The van der Waals surface area contributed by atoms with E-state index < -0.39 is 0 Å². The number of hydrogen-bond acceptors (Lipinski definition) is 4. The van der Waals surface area contributed by atoms with Gasteiger partial charge in [-0.05, 0) is 24.8 Å². The Labute approximate surface area is 115 Å². The number of nitrogens with one attached hydrogen (secondary N) is 1. The van der Waals surface area contributed by atoms with Crippen molar-refractivity contribution in [1.29, 1.82) is 0 Å². The lowest BCUT2D eigenvalue weighted by Gasteiger charge is -2.11. The quantitative estimate of drug-likeness (QED) is 0.876. The highest BCUT2D eigenvalue weighted by Gasteiger charge is 2.08. The van der Waals surface area contributed by atoms with E-state index in [2.05, 4.69) is 24.1 Å². The summed E-state index contributed by atoms with van der Waals surface area (Å²) in [4.78, 5) is 4.54. The van der Waals surface area contributed by atoms with Crippen molar-refractivity contribution in [3.8, 4) is 0 Å². The second-order valence-electron chi connectivity index (χ2n) is 3.81. The molecule has 0 amide bonds. The number of anilines is 1. The van der Waals surface area contributed by atoms with Crippen LogP contribution < -0.4 is 5.32 Å². The first-order valence-corrected chi connectivity index (χ1v) is 7.95. The fourth-order valence-electron chi connectivity index (χ4n) is 1.52. The maximum Gasteiger partial charge on any atom is 0.184 e. The van der Waals surface area contributed by atoms with E-state index in [0.717, 1.165) is 31.9 Å². The number of thiazole rings is 1. The largest absolute Gasteiger partial charge is 0.358 e. The molecule has 2 rings (SSSR count). The standard InChI is InChI=1S/C12H15ClN2S2/c1-3-16-7-8(2)14-12-15-10-6-4-5-9(13)11(10)17-12/h4-6,8H,3,7H2,1-2H3,(H,14,15). The minimum absolute atomic E-state index is 0.430. The lowest BCUT2D eigenvalue weighted by Crippen LogP contribution is -2.17. The smallest absolute Gasteiger partial charge is 0.184 e. The molecule has 0 bridgehead atoms. The van der Waals surface area contributed by atoms with Gasteiger partial charge in [0.25, 0.3) is 0 Å². The van der Waals surface area contributed by atoms with Gasteiger partial charge < -0.3 is 5.32 Å². The summed E-state index contributed by atoms with van der Waals surface area (Å²) >= 11 is 9.69. The summed E-state index contributed by atoms with van der Waals surface area (Å²) < 4.78 is 1.06. The summed E-state index contributed by atoms with van der Waals surface area (Å²) in [6, 6.07) is 6.26. The van der Waals surface area contributed by atoms with Gasteiger partial charge in [0.05, 0.1) is 15.2 Å². The fraction of sp³-hybridized carbons (Fsp3) is 0.417. The first kappa shape index (κ1) is 13.0. The Bertz CT molecular complexity index is 498. The van der Waals surface area contributed by atoms with Gasteiger partial charge in [0, 0.05) is 11.8 Å². The van der Waals surface area contributed by atoms with Crippen LogP contribution in [0, 0.1) is 0 Å². The molecular weight excluding hydrogens is 272 g/mol. The van der Waals surface area contributed by atoms with Gasteiger partial charge in [-0.3, -0.25) is 0 Å². The van der Waals surface area contributed by atoms with Gasteiger partial charge in [-0.2, -0.15) is 11.8 Å². The van der Waals surface area contributed by atoms with E-state index in [-0.39, 0.29) is 0 Å². The van der Waals surface area contributed by atoms with Crippen molar-refractivity contribution < 1.29 is 0 Å². The molecule has 0 radical (unpaired) electrons. The Morgan fingerprint density at radius 1 is 1.53 bits per heavy atom. The van der Waals surface area contributed by atoms with Gasteiger partial charge in [-0.25, -0.2) is 4.98 Å². The molecule has 1 unspecified atom stereocenters. The van der Waals surface area contributed by atoms with Crippen molar-refractivity contribution in [2.24, 2.45) is 0 Å². The van der Waals surface area contributed by atoms with Crippen molar-refractivity contribution in [2.45, 2.75) is 19.9 Å². The van der Waals surface area contributed by atoms with Crippen LogP contribution in [0.5, 0.6) is 0 Å².